The first-order valence-electron chi connectivity index (χ1n) is 10.1. The van der Waals surface area contributed by atoms with E-state index in [1.165, 1.54) is 10.6 Å². The fourth-order valence-corrected chi connectivity index (χ4v) is 3.94. The van der Waals surface area contributed by atoms with E-state index in [1.54, 1.807) is 9.47 Å². The summed E-state index contributed by atoms with van der Waals surface area (Å²) >= 11 is 0. The summed E-state index contributed by atoms with van der Waals surface area (Å²) < 4.78 is 35.6. The van der Waals surface area contributed by atoms with Gasteiger partial charge in [-0.3, -0.25) is 13.9 Å². The highest BCUT2D eigenvalue weighted by Crippen LogP contribution is 2.23. The molecule has 0 atom stereocenters. The number of aryl methyl sites for hydroxylation is 1. The summed E-state index contributed by atoms with van der Waals surface area (Å²) in [5, 5.41) is 0. The van der Waals surface area contributed by atoms with E-state index >= 15 is 0 Å². The number of rotatable bonds is 5. The summed E-state index contributed by atoms with van der Waals surface area (Å²) in [5.41, 5.74) is 1.35. The molecule has 0 radical (unpaired) electrons. The van der Waals surface area contributed by atoms with Crippen LogP contribution in [0.5, 0.6) is 5.75 Å². The van der Waals surface area contributed by atoms with Crippen LogP contribution in [-0.4, -0.2) is 39.1 Å². The second kappa shape index (κ2) is 8.30. The van der Waals surface area contributed by atoms with Gasteiger partial charge in [-0.2, -0.15) is 0 Å². The Kier molecular flexibility index (Phi) is 5.57. The fourth-order valence-electron chi connectivity index (χ4n) is 3.94. The smallest absolute Gasteiger partial charge is 0.329 e. The number of hydrogen-bond donors (Lipinski definition) is 0. The zero-order valence-electron chi connectivity index (χ0n) is 16.7. The lowest BCUT2D eigenvalue weighted by atomic mass is 10.1. The van der Waals surface area contributed by atoms with E-state index in [2.05, 4.69) is 0 Å². The molecule has 8 heteroatoms. The molecule has 1 aromatic heterocycles. The molecular weight excluding hydrogens is 392 g/mol. The normalized spacial score (nSPS) is 15.0. The zero-order valence-corrected chi connectivity index (χ0v) is 16.7. The molecule has 0 bridgehead atoms. The van der Waals surface area contributed by atoms with Crippen LogP contribution in [0.3, 0.4) is 0 Å². The van der Waals surface area contributed by atoms with Crippen molar-refractivity contribution in [3.8, 4) is 5.75 Å². The maximum Gasteiger partial charge on any atom is 0.329 e. The summed E-state index contributed by atoms with van der Waals surface area (Å²) in [6.45, 7) is 3.31. The van der Waals surface area contributed by atoms with Crippen molar-refractivity contribution in [2.45, 2.75) is 39.0 Å². The van der Waals surface area contributed by atoms with E-state index in [-0.39, 0.29) is 30.0 Å². The SMILES string of the molecule is CCn1c(=O)n(CC(=O)N2CCC(Oc3ccc(F)cc3F)CC2)c2ccccc21. The Morgan fingerprint density at radius 3 is 2.37 bits per heavy atom. The van der Waals surface area contributed by atoms with Gasteiger partial charge in [0.2, 0.25) is 5.91 Å². The number of aromatic nitrogens is 2. The Morgan fingerprint density at radius 2 is 1.73 bits per heavy atom. The third-order valence-electron chi connectivity index (χ3n) is 5.52. The summed E-state index contributed by atoms with van der Waals surface area (Å²) in [5.74, 6) is -1.51. The Hall–Kier alpha value is -3.16. The highest BCUT2D eigenvalue weighted by atomic mass is 19.1. The van der Waals surface area contributed by atoms with E-state index < -0.39 is 11.6 Å². The van der Waals surface area contributed by atoms with Gasteiger partial charge in [-0.05, 0) is 31.2 Å². The second-order valence-corrected chi connectivity index (χ2v) is 7.37. The molecule has 4 rings (SSSR count). The topological polar surface area (TPSA) is 56.5 Å². The highest BCUT2D eigenvalue weighted by molar-refractivity contribution is 5.81. The molecule has 0 aliphatic carbocycles. The van der Waals surface area contributed by atoms with Crippen LogP contribution in [0.1, 0.15) is 19.8 Å². The monoisotopic (exact) mass is 415 g/mol. The van der Waals surface area contributed by atoms with Gasteiger partial charge in [0.05, 0.1) is 11.0 Å². The number of para-hydroxylation sites is 2. The number of carbonyl (C=O) groups excluding carboxylic acids is 1. The number of benzene rings is 2. The third-order valence-corrected chi connectivity index (χ3v) is 5.52. The number of piperidine rings is 1. The van der Waals surface area contributed by atoms with Crippen molar-refractivity contribution in [2.24, 2.45) is 0 Å². The van der Waals surface area contributed by atoms with Crippen LogP contribution in [0.25, 0.3) is 11.0 Å². The van der Waals surface area contributed by atoms with Crippen LogP contribution in [0.2, 0.25) is 0 Å². The molecule has 1 aliphatic rings. The van der Waals surface area contributed by atoms with Gasteiger partial charge in [0, 0.05) is 38.5 Å². The molecule has 2 aromatic carbocycles. The molecule has 1 saturated heterocycles. The maximum atomic E-state index is 13.8. The van der Waals surface area contributed by atoms with E-state index in [4.69, 9.17) is 4.74 Å². The Bertz CT molecular complexity index is 1130. The van der Waals surface area contributed by atoms with Gasteiger partial charge in [-0.1, -0.05) is 12.1 Å². The van der Waals surface area contributed by atoms with E-state index in [9.17, 15) is 18.4 Å². The first kappa shape index (κ1) is 20.1. The van der Waals surface area contributed by atoms with Gasteiger partial charge >= 0.3 is 5.69 Å². The number of nitrogens with zero attached hydrogens (tertiary/aromatic N) is 3. The van der Waals surface area contributed by atoms with E-state index in [0.717, 1.165) is 23.2 Å². The van der Waals surface area contributed by atoms with Crippen LogP contribution in [-0.2, 0) is 17.9 Å². The fraction of sp³-hybridized carbons (Fsp3) is 0.364. The number of halogens is 2. The molecule has 2 heterocycles. The first-order chi connectivity index (χ1) is 14.5. The van der Waals surface area contributed by atoms with E-state index in [1.807, 2.05) is 31.2 Å². The number of hydrogen-bond acceptors (Lipinski definition) is 3. The lowest BCUT2D eigenvalue weighted by Gasteiger charge is -2.32. The Labute approximate surface area is 172 Å². The van der Waals surface area contributed by atoms with Crippen molar-refractivity contribution in [2.75, 3.05) is 13.1 Å². The van der Waals surface area contributed by atoms with Gasteiger partial charge < -0.3 is 9.64 Å². The van der Waals surface area contributed by atoms with Crippen LogP contribution in [0.4, 0.5) is 8.78 Å². The number of imidazole rings is 1. The third kappa shape index (κ3) is 3.81. The van der Waals surface area contributed by atoms with E-state index in [0.29, 0.717) is 32.5 Å². The quantitative estimate of drug-likeness (QED) is 0.643. The standard InChI is InChI=1S/C22H23F2N3O3/c1-2-26-18-5-3-4-6-19(18)27(22(26)29)14-21(28)25-11-9-16(10-12-25)30-20-8-7-15(23)13-17(20)24/h3-8,13,16H,2,9-12,14H2,1H3. The Balaban J connectivity index is 1.41. The molecule has 0 saturated carbocycles. The number of carbonyl (C=O) groups is 1. The van der Waals surface area contributed by atoms with Crippen molar-refractivity contribution >= 4 is 16.9 Å². The average molecular weight is 415 g/mol. The lowest BCUT2D eigenvalue weighted by molar-refractivity contribution is -0.133. The molecule has 3 aromatic rings. The predicted octanol–water partition coefficient (Wildman–Crippen LogP) is 3.17. The summed E-state index contributed by atoms with van der Waals surface area (Å²) in [6.07, 6.45) is 0.821. The molecule has 0 spiro atoms. The van der Waals surface area contributed by atoms with Crippen molar-refractivity contribution in [3.63, 3.8) is 0 Å². The number of likely N-dealkylation sites (tertiary alicyclic amines) is 1. The summed E-state index contributed by atoms with van der Waals surface area (Å²) in [7, 11) is 0. The molecule has 1 fully saturated rings. The van der Waals surface area contributed by atoms with Gasteiger partial charge in [0.25, 0.3) is 0 Å². The maximum absolute atomic E-state index is 13.8. The molecule has 1 amide bonds. The molecule has 6 nitrogen and oxygen atoms in total. The zero-order chi connectivity index (χ0) is 21.3. The lowest BCUT2D eigenvalue weighted by Crippen LogP contribution is -2.44. The molecular formula is C22H23F2N3O3. The summed E-state index contributed by atoms with van der Waals surface area (Å²) in [6, 6.07) is 10.7. The van der Waals surface area contributed by atoms with Crippen LogP contribution < -0.4 is 10.4 Å². The van der Waals surface area contributed by atoms with Gasteiger partial charge in [0.1, 0.15) is 18.5 Å². The van der Waals surface area contributed by atoms with Crippen LogP contribution in [0.15, 0.2) is 47.3 Å². The van der Waals surface area contributed by atoms with Crippen molar-refractivity contribution in [1.82, 2.24) is 14.0 Å². The minimum Gasteiger partial charge on any atom is -0.487 e. The molecule has 0 unspecified atom stereocenters. The van der Waals surface area contributed by atoms with Gasteiger partial charge in [-0.25, -0.2) is 13.6 Å². The number of amides is 1. The molecule has 1 aliphatic heterocycles. The first-order valence-corrected chi connectivity index (χ1v) is 10.1. The second-order valence-electron chi connectivity index (χ2n) is 7.37. The van der Waals surface area contributed by atoms with Crippen molar-refractivity contribution in [1.29, 1.82) is 0 Å². The highest BCUT2D eigenvalue weighted by Gasteiger charge is 2.26. The Morgan fingerprint density at radius 1 is 1.07 bits per heavy atom. The van der Waals surface area contributed by atoms with Crippen LogP contribution in [0, 0.1) is 11.6 Å². The molecule has 0 N–H and O–H groups in total. The molecule has 30 heavy (non-hydrogen) atoms. The summed E-state index contributed by atoms with van der Waals surface area (Å²) in [4.78, 5) is 27.3. The predicted molar refractivity (Wildman–Crippen MR) is 108 cm³/mol. The van der Waals surface area contributed by atoms with Crippen molar-refractivity contribution < 1.29 is 18.3 Å². The largest absolute Gasteiger partial charge is 0.487 e. The number of ether oxygens (including phenoxy) is 1. The van der Waals surface area contributed by atoms with Crippen LogP contribution >= 0.6 is 0 Å². The van der Waals surface area contributed by atoms with Gasteiger partial charge in [0.15, 0.2) is 11.6 Å². The number of fused-ring (bicyclic) bond motifs is 1. The van der Waals surface area contributed by atoms with Gasteiger partial charge in [-0.15, -0.1) is 0 Å². The molecule has 158 valence electrons. The minimum atomic E-state index is -0.736. The average Bonchev–Trinajstić information content (AvgIpc) is 3.01. The minimum absolute atomic E-state index is 0.0140. The van der Waals surface area contributed by atoms with Crippen molar-refractivity contribution in [3.05, 3.63) is 64.6 Å².